The molecule has 0 bridgehead atoms. The maximum absolute atomic E-state index is 13.1. The fourth-order valence-corrected chi connectivity index (χ4v) is 3.31. The van der Waals surface area contributed by atoms with Crippen molar-refractivity contribution >= 4 is 21.4 Å². The van der Waals surface area contributed by atoms with Crippen molar-refractivity contribution in [2.45, 2.75) is 24.9 Å². The molecule has 0 fully saturated rings. The minimum absolute atomic E-state index is 0.319. The summed E-state index contributed by atoms with van der Waals surface area (Å²) < 4.78 is 37.8. The molecular formula is C17H18FNO3S. The van der Waals surface area contributed by atoms with Gasteiger partial charge >= 0.3 is 0 Å². The lowest BCUT2D eigenvalue weighted by atomic mass is 10.2. The summed E-state index contributed by atoms with van der Waals surface area (Å²) in [5.74, 6) is -1.49. The summed E-state index contributed by atoms with van der Waals surface area (Å²) in [6.45, 7) is 3.25. The summed E-state index contributed by atoms with van der Waals surface area (Å²) >= 11 is 0. The van der Waals surface area contributed by atoms with Crippen molar-refractivity contribution in [3.63, 3.8) is 0 Å². The van der Waals surface area contributed by atoms with Crippen LogP contribution >= 0.6 is 0 Å². The maximum atomic E-state index is 13.1. The van der Waals surface area contributed by atoms with E-state index in [9.17, 15) is 17.6 Å². The van der Waals surface area contributed by atoms with Gasteiger partial charge in [-0.3, -0.25) is 4.79 Å². The van der Waals surface area contributed by atoms with Gasteiger partial charge in [0.1, 0.15) is 11.1 Å². The number of hydrogen-bond donors (Lipinski definition) is 1. The number of aryl methyl sites for hydroxylation is 1. The Morgan fingerprint density at radius 1 is 1.17 bits per heavy atom. The van der Waals surface area contributed by atoms with Gasteiger partial charge in [0.25, 0.3) is 0 Å². The highest BCUT2D eigenvalue weighted by molar-refractivity contribution is 7.92. The molecule has 0 saturated carbocycles. The Balaban J connectivity index is 2.09. The minimum atomic E-state index is -3.74. The fourth-order valence-electron chi connectivity index (χ4n) is 2.03. The van der Waals surface area contributed by atoms with Gasteiger partial charge in [-0.25, -0.2) is 12.8 Å². The van der Waals surface area contributed by atoms with Crippen LogP contribution in [0.5, 0.6) is 0 Å². The summed E-state index contributed by atoms with van der Waals surface area (Å²) in [6.07, 6.45) is 0. The van der Waals surface area contributed by atoms with Crippen LogP contribution in [0.4, 0.5) is 10.1 Å². The largest absolute Gasteiger partial charge is 0.325 e. The summed E-state index contributed by atoms with van der Waals surface area (Å²) in [7, 11) is -3.74. The first-order valence-corrected chi connectivity index (χ1v) is 8.83. The molecule has 0 aliphatic heterocycles. The SMILES string of the molecule is Cc1ccc(NC(=O)[C@H](C)S(=O)(=O)Cc2cccc(F)c2)cc1. The molecule has 0 saturated heterocycles. The van der Waals surface area contributed by atoms with E-state index in [4.69, 9.17) is 0 Å². The first-order valence-electron chi connectivity index (χ1n) is 7.11. The normalized spacial score (nSPS) is 12.7. The number of amides is 1. The van der Waals surface area contributed by atoms with Crippen LogP contribution in [-0.4, -0.2) is 19.6 Å². The number of carbonyl (C=O) groups is 1. The van der Waals surface area contributed by atoms with E-state index in [0.29, 0.717) is 11.3 Å². The average molecular weight is 335 g/mol. The van der Waals surface area contributed by atoms with Gasteiger partial charge in [0.05, 0.1) is 5.75 Å². The Labute approximate surface area is 135 Å². The third-order valence-electron chi connectivity index (χ3n) is 3.48. The molecule has 0 aliphatic carbocycles. The number of sulfone groups is 1. The highest BCUT2D eigenvalue weighted by Crippen LogP contribution is 2.15. The molecular weight excluding hydrogens is 317 g/mol. The number of nitrogens with one attached hydrogen (secondary N) is 1. The highest BCUT2D eigenvalue weighted by Gasteiger charge is 2.28. The van der Waals surface area contributed by atoms with Crippen LogP contribution in [0.25, 0.3) is 0 Å². The molecule has 0 unspecified atom stereocenters. The number of benzene rings is 2. The predicted octanol–water partition coefficient (Wildman–Crippen LogP) is 3.08. The van der Waals surface area contributed by atoms with E-state index < -0.39 is 26.8 Å². The Kier molecular flexibility index (Phi) is 5.15. The Morgan fingerprint density at radius 3 is 2.43 bits per heavy atom. The molecule has 4 nitrogen and oxygen atoms in total. The number of rotatable bonds is 5. The van der Waals surface area contributed by atoms with Gasteiger partial charge in [0.15, 0.2) is 9.84 Å². The van der Waals surface area contributed by atoms with E-state index in [1.165, 1.54) is 25.1 Å². The minimum Gasteiger partial charge on any atom is -0.325 e. The Morgan fingerprint density at radius 2 is 1.83 bits per heavy atom. The van der Waals surface area contributed by atoms with Gasteiger partial charge in [-0.05, 0) is 43.7 Å². The van der Waals surface area contributed by atoms with Crippen LogP contribution in [0.3, 0.4) is 0 Å². The van der Waals surface area contributed by atoms with Gasteiger partial charge < -0.3 is 5.32 Å². The van der Waals surface area contributed by atoms with E-state index >= 15 is 0 Å². The lowest BCUT2D eigenvalue weighted by Gasteiger charge is -2.13. The lowest BCUT2D eigenvalue weighted by molar-refractivity contribution is -0.115. The lowest BCUT2D eigenvalue weighted by Crippen LogP contribution is -2.33. The van der Waals surface area contributed by atoms with Crippen LogP contribution in [-0.2, 0) is 20.4 Å². The zero-order chi connectivity index (χ0) is 17.0. The van der Waals surface area contributed by atoms with Gasteiger partial charge in [0, 0.05) is 5.69 Å². The van der Waals surface area contributed by atoms with Crippen LogP contribution in [0, 0.1) is 12.7 Å². The van der Waals surface area contributed by atoms with Crippen molar-refractivity contribution in [2.75, 3.05) is 5.32 Å². The number of carbonyl (C=O) groups excluding carboxylic acids is 1. The molecule has 2 aromatic rings. The third-order valence-corrected chi connectivity index (χ3v) is 5.51. The number of hydrogen-bond acceptors (Lipinski definition) is 3. The maximum Gasteiger partial charge on any atom is 0.242 e. The second-order valence-electron chi connectivity index (χ2n) is 5.43. The molecule has 1 atom stereocenters. The van der Waals surface area contributed by atoms with Crippen molar-refractivity contribution in [3.8, 4) is 0 Å². The van der Waals surface area contributed by atoms with Gasteiger partial charge in [-0.1, -0.05) is 29.8 Å². The van der Waals surface area contributed by atoms with Gasteiger partial charge in [-0.2, -0.15) is 0 Å². The van der Waals surface area contributed by atoms with Crippen LogP contribution in [0.1, 0.15) is 18.1 Å². The van der Waals surface area contributed by atoms with Crippen LogP contribution in [0.2, 0.25) is 0 Å². The average Bonchev–Trinajstić information content (AvgIpc) is 2.48. The quantitative estimate of drug-likeness (QED) is 0.913. The monoisotopic (exact) mass is 335 g/mol. The second kappa shape index (κ2) is 6.91. The predicted molar refractivity (Wildman–Crippen MR) is 88.3 cm³/mol. The van der Waals surface area contributed by atoms with Crippen molar-refractivity contribution in [3.05, 3.63) is 65.5 Å². The Hall–Kier alpha value is -2.21. The fraction of sp³-hybridized carbons (Fsp3) is 0.235. The van der Waals surface area contributed by atoms with E-state index in [1.807, 2.05) is 19.1 Å². The summed E-state index contributed by atoms with van der Waals surface area (Å²) in [4.78, 5) is 12.1. The summed E-state index contributed by atoms with van der Waals surface area (Å²) in [5, 5.41) is 1.35. The van der Waals surface area contributed by atoms with Gasteiger partial charge in [-0.15, -0.1) is 0 Å². The van der Waals surface area contributed by atoms with E-state index in [0.717, 1.165) is 11.6 Å². The molecule has 0 aromatic heterocycles. The molecule has 122 valence electrons. The van der Waals surface area contributed by atoms with E-state index in [1.54, 1.807) is 12.1 Å². The molecule has 2 aromatic carbocycles. The molecule has 0 radical (unpaired) electrons. The molecule has 0 spiro atoms. The first-order chi connectivity index (χ1) is 10.8. The zero-order valence-corrected chi connectivity index (χ0v) is 13.7. The first kappa shape index (κ1) is 17.1. The van der Waals surface area contributed by atoms with Crippen molar-refractivity contribution in [2.24, 2.45) is 0 Å². The smallest absolute Gasteiger partial charge is 0.242 e. The molecule has 1 amide bonds. The molecule has 0 heterocycles. The van der Waals surface area contributed by atoms with E-state index in [2.05, 4.69) is 5.32 Å². The molecule has 6 heteroatoms. The standard InChI is InChI=1S/C17H18FNO3S/c1-12-6-8-16(9-7-12)19-17(20)13(2)23(21,22)11-14-4-3-5-15(18)10-14/h3-10,13H,11H2,1-2H3,(H,19,20)/t13-/m0/s1. The van der Waals surface area contributed by atoms with Crippen LogP contribution < -0.4 is 5.32 Å². The second-order valence-corrected chi connectivity index (χ2v) is 7.76. The Bertz CT molecular complexity index is 801. The number of anilines is 1. The molecule has 23 heavy (non-hydrogen) atoms. The van der Waals surface area contributed by atoms with Gasteiger partial charge in [0.2, 0.25) is 5.91 Å². The summed E-state index contributed by atoms with van der Waals surface area (Å²) in [6, 6.07) is 12.4. The van der Waals surface area contributed by atoms with Crippen molar-refractivity contribution in [1.29, 1.82) is 0 Å². The summed E-state index contributed by atoms with van der Waals surface area (Å²) in [5.41, 5.74) is 1.89. The molecule has 1 N–H and O–H groups in total. The topological polar surface area (TPSA) is 63.2 Å². The van der Waals surface area contributed by atoms with Crippen LogP contribution in [0.15, 0.2) is 48.5 Å². The van der Waals surface area contributed by atoms with Crippen molar-refractivity contribution in [1.82, 2.24) is 0 Å². The highest BCUT2D eigenvalue weighted by atomic mass is 32.2. The molecule has 2 rings (SSSR count). The molecule has 0 aliphatic rings. The number of halogens is 1. The van der Waals surface area contributed by atoms with E-state index in [-0.39, 0.29) is 5.75 Å². The zero-order valence-electron chi connectivity index (χ0n) is 12.9. The van der Waals surface area contributed by atoms with Crippen molar-refractivity contribution < 1.29 is 17.6 Å². The third kappa shape index (κ3) is 4.63.